The number of halogens is 1. The van der Waals surface area contributed by atoms with Gasteiger partial charge in [-0.15, -0.1) is 12.4 Å². The molecule has 2 rings (SSSR count). The average molecular weight is 214 g/mol. The summed E-state index contributed by atoms with van der Waals surface area (Å²) in [6.45, 7) is 0.389. The van der Waals surface area contributed by atoms with Crippen LogP contribution in [0, 0.1) is 0 Å². The van der Waals surface area contributed by atoms with Crippen LogP contribution in [-0.2, 0) is 0 Å². The van der Waals surface area contributed by atoms with Gasteiger partial charge in [-0.3, -0.25) is 4.79 Å². The molecule has 0 aromatic heterocycles. The van der Waals surface area contributed by atoms with Crippen molar-refractivity contribution < 1.29 is 9.53 Å². The van der Waals surface area contributed by atoms with Crippen LogP contribution in [-0.4, -0.2) is 18.4 Å². The quantitative estimate of drug-likeness (QED) is 0.767. The minimum atomic E-state index is -0.151. The van der Waals surface area contributed by atoms with E-state index in [2.05, 4.69) is 0 Å². The van der Waals surface area contributed by atoms with Crippen molar-refractivity contribution in [2.75, 3.05) is 6.54 Å². The van der Waals surface area contributed by atoms with Crippen LogP contribution in [0.1, 0.15) is 16.8 Å². The van der Waals surface area contributed by atoms with Crippen molar-refractivity contribution in [3.8, 4) is 5.75 Å². The van der Waals surface area contributed by atoms with Gasteiger partial charge in [0.25, 0.3) is 0 Å². The Bertz CT molecular complexity index is 341. The Hall–Kier alpha value is -1.06. The lowest BCUT2D eigenvalue weighted by molar-refractivity contribution is 0.0860. The second kappa shape index (κ2) is 4.44. The molecule has 0 aliphatic carbocycles. The molecule has 2 N–H and O–H groups in total. The lowest BCUT2D eigenvalue weighted by Crippen LogP contribution is -2.33. The summed E-state index contributed by atoms with van der Waals surface area (Å²) in [4.78, 5) is 11.5. The molecule has 1 aromatic carbocycles. The van der Waals surface area contributed by atoms with E-state index in [0.717, 1.165) is 0 Å². The zero-order valence-corrected chi connectivity index (χ0v) is 8.42. The molecule has 1 heterocycles. The van der Waals surface area contributed by atoms with Gasteiger partial charge >= 0.3 is 0 Å². The lowest BCUT2D eigenvalue weighted by atomic mass is 10.0. The van der Waals surface area contributed by atoms with Crippen LogP contribution in [0.25, 0.3) is 0 Å². The SMILES string of the molecule is Cl.NC[C@H]1CC(=O)c2ccccc2O1. The third-order valence-electron chi connectivity index (χ3n) is 2.16. The van der Waals surface area contributed by atoms with Crippen LogP contribution in [0.2, 0.25) is 0 Å². The number of ketones is 1. The molecule has 76 valence electrons. The second-order valence-corrected chi connectivity index (χ2v) is 3.10. The highest BCUT2D eigenvalue weighted by molar-refractivity contribution is 5.99. The first-order valence-electron chi connectivity index (χ1n) is 4.30. The van der Waals surface area contributed by atoms with E-state index in [0.29, 0.717) is 24.3 Å². The molecule has 1 aliphatic heterocycles. The van der Waals surface area contributed by atoms with Gasteiger partial charge in [-0.2, -0.15) is 0 Å². The molecule has 0 unspecified atom stereocenters. The lowest BCUT2D eigenvalue weighted by Gasteiger charge is -2.23. The summed E-state index contributed by atoms with van der Waals surface area (Å²) in [5.41, 5.74) is 6.12. The number of benzene rings is 1. The summed E-state index contributed by atoms with van der Waals surface area (Å²) >= 11 is 0. The Morgan fingerprint density at radius 1 is 1.43 bits per heavy atom. The van der Waals surface area contributed by atoms with Crippen molar-refractivity contribution in [3.05, 3.63) is 29.8 Å². The van der Waals surface area contributed by atoms with E-state index >= 15 is 0 Å². The number of hydrogen-bond acceptors (Lipinski definition) is 3. The number of carbonyl (C=O) groups is 1. The molecule has 0 saturated heterocycles. The summed E-state index contributed by atoms with van der Waals surface area (Å²) in [6, 6.07) is 7.27. The fourth-order valence-corrected chi connectivity index (χ4v) is 1.47. The van der Waals surface area contributed by atoms with Crippen LogP contribution in [0.15, 0.2) is 24.3 Å². The maximum atomic E-state index is 11.5. The van der Waals surface area contributed by atoms with Crippen molar-refractivity contribution in [2.45, 2.75) is 12.5 Å². The third-order valence-corrected chi connectivity index (χ3v) is 2.16. The van der Waals surface area contributed by atoms with Gasteiger partial charge in [0.15, 0.2) is 5.78 Å². The fourth-order valence-electron chi connectivity index (χ4n) is 1.47. The maximum Gasteiger partial charge on any atom is 0.170 e. The van der Waals surface area contributed by atoms with Crippen LogP contribution in [0.4, 0.5) is 0 Å². The number of rotatable bonds is 1. The van der Waals surface area contributed by atoms with Crippen molar-refractivity contribution in [1.82, 2.24) is 0 Å². The molecule has 0 amide bonds. The zero-order chi connectivity index (χ0) is 9.26. The monoisotopic (exact) mass is 213 g/mol. The van der Waals surface area contributed by atoms with E-state index in [-0.39, 0.29) is 24.3 Å². The molecule has 0 spiro atoms. The molecule has 14 heavy (non-hydrogen) atoms. The van der Waals surface area contributed by atoms with E-state index in [1.165, 1.54) is 0 Å². The number of ether oxygens (including phenoxy) is 1. The van der Waals surface area contributed by atoms with Crippen molar-refractivity contribution >= 4 is 18.2 Å². The van der Waals surface area contributed by atoms with Crippen LogP contribution >= 0.6 is 12.4 Å². The molecule has 0 radical (unpaired) electrons. The molecule has 4 heteroatoms. The Labute approximate surface area is 88.7 Å². The highest BCUT2D eigenvalue weighted by Gasteiger charge is 2.24. The normalized spacial score (nSPS) is 19.2. The zero-order valence-electron chi connectivity index (χ0n) is 7.60. The molecule has 0 fully saturated rings. The highest BCUT2D eigenvalue weighted by atomic mass is 35.5. The molecule has 1 aromatic rings. The Morgan fingerprint density at radius 2 is 2.14 bits per heavy atom. The summed E-state index contributed by atoms with van der Waals surface area (Å²) in [7, 11) is 0. The van der Waals surface area contributed by atoms with Gasteiger partial charge in [-0.05, 0) is 12.1 Å². The van der Waals surface area contributed by atoms with Gasteiger partial charge in [0.1, 0.15) is 11.9 Å². The number of hydrogen-bond donors (Lipinski definition) is 1. The smallest absolute Gasteiger partial charge is 0.170 e. The molecule has 0 saturated carbocycles. The van der Waals surface area contributed by atoms with Crippen LogP contribution in [0.3, 0.4) is 0 Å². The number of para-hydroxylation sites is 1. The average Bonchev–Trinajstić information content (AvgIpc) is 2.18. The Balaban J connectivity index is 0.000000980. The highest BCUT2D eigenvalue weighted by Crippen LogP contribution is 2.26. The molecular weight excluding hydrogens is 202 g/mol. The van der Waals surface area contributed by atoms with Crippen LogP contribution in [0.5, 0.6) is 5.75 Å². The predicted molar refractivity (Wildman–Crippen MR) is 56.1 cm³/mol. The first-order chi connectivity index (χ1) is 6.31. The predicted octanol–water partition coefficient (Wildman–Crippen LogP) is 1.40. The Morgan fingerprint density at radius 3 is 2.86 bits per heavy atom. The standard InChI is InChI=1S/C10H11NO2.ClH/c11-6-7-5-9(12)8-3-1-2-4-10(8)13-7;/h1-4,7H,5-6,11H2;1H/t7-;/m1./s1. The van der Waals surface area contributed by atoms with Crippen molar-refractivity contribution in [1.29, 1.82) is 0 Å². The molecule has 1 atom stereocenters. The molecule has 0 bridgehead atoms. The summed E-state index contributed by atoms with van der Waals surface area (Å²) in [6.07, 6.45) is 0.246. The van der Waals surface area contributed by atoms with Crippen molar-refractivity contribution in [3.63, 3.8) is 0 Å². The number of fused-ring (bicyclic) bond motifs is 1. The first kappa shape index (κ1) is 11.0. The van der Waals surface area contributed by atoms with Gasteiger partial charge < -0.3 is 10.5 Å². The minimum Gasteiger partial charge on any atom is -0.488 e. The Kier molecular flexibility index (Phi) is 3.49. The van der Waals surface area contributed by atoms with E-state index in [4.69, 9.17) is 10.5 Å². The van der Waals surface area contributed by atoms with Gasteiger partial charge in [0, 0.05) is 13.0 Å². The minimum absolute atomic E-state index is 0. The number of Topliss-reactive ketones (excluding diaryl/α,β-unsaturated/α-hetero) is 1. The third kappa shape index (κ3) is 1.89. The molecule has 1 aliphatic rings. The maximum absolute atomic E-state index is 11.5. The van der Waals surface area contributed by atoms with E-state index in [9.17, 15) is 4.79 Å². The van der Waals surface area contributed by atoms with E-state index < -0.39 is 0 Å². The number of nitrogens with two attached hydrogens (primary N) is 1. The van der Waals surface area contributed by atoms with Gasteiger partial charge in [0.05, 0.1) is 5.56 Å². The van der Waals surface area contributed by atoms with E-state index in [1.807, 2.05) is 12.1 Å². The van der Waals surface area contributed by atoms with E-state index in [1.54, 1.807) is 12.1 Å². The summed E-state index contributed by atoms with van der Waals surface area (Å²) in [5, 5.41) is 0. The summed E-state index contributed by atoms with van der Waals surface area (Å²) < 4.78 is 5.51. The first-order valence-corrected chi connectivity index (χ1v) is 4.30. The van der Waals surface area contributed by atoms with Crippen LogP contribution < -0.4 is 10.5 Å². The van der Waals surface area contributed by atoms with Gasteiger partial charge in [-0.1, -0.05) is 12.1 Å². The molecule has 3 nitrogen and oxygen atoms in total. The molecular formula is C10H12ClNO2. The number of carbonyl (C=O) groups excluding carboxylic acids is 1. The van der Waals surface area contributed by atoms with Crippen molar-refractivity contribution in [2.24, 2.45) is 5.73 Å². The van der Waals surface area contributed by atoms with Gasteiger partial charge in [0.2, 0.25) is 0 Å². The topological polar surface area (TPSA) is 52.3 Å². The largest absolute Gasteiger partial charge is 0.488 e. The summed E-state index contributed by atoms with van der Waals surface area (Å²) in [5.74, 6) is 0.784. The van der Waals surface area contributed by atoms with Gasteiger partial charge in [-0.25, -0.2) is 0 Å². The second-order valence-electron chi connectivity index (χ2n) is 3.10. The fraction of sp³-hybridized carbons (Fsp3) is 0.300.